The number of aryl methyl sites for hydroxylation is 1. The minimum absolute atomic E-state index is 0.125. The SMILES string of the molecule is C=CCCCC(NN)c1cc(C)ccc1F. The molecule has 0 spiro atoms. The van der Waals surface area contributed by atoms with Gasteiger partial charge in [-0.25, -0.2) is 4.39 Å². The molecule has 88 valence electrons. The second-order valence-electron chi connectivity index (χ2n) is 3.96. The predicted octanol–water partition coefficient (Wildman–Crippen LogP) is 2.99. The van der Waals surface area contributed by atoms with E-state index in [-0.39, 0.29) is 11.9 Å². The van der Waals surface area contributed by atoms with Crippen LogP contribution >= 0.6 is 0 Å². The molecule has 2 nitrogen and oxygen atoms in total. The van der Waals surface area contributed by atoms with Crippen LogP contribution in [-0.4, -0.2) is 0 Å². The highest BCUT2D eigenvalue weighted by Crippen LogP contribution is 2.22. The van der Waals surface area contributed by atoms with E-state index in [1.807, 2.05) is 19.1 Å². The van der Waals surface area contributed by atoms with Crippen LogP contribution in [-0.2, 0) is 0 Å². The highest BCUT2D eigenvalue weighted by molar-refractivity contribution is 5.26. The second kappa shape index (κ2) is 6.40. The molecule has 3 heteroatoms. The Kier molecular flexibility index (Phi) is 5.15. The third kappa shape index (κ3) is 3.43. The van der Waals surface area contributed by atoms with Gasteiger partial charge in [0.1, 0.15) is 5.82 Å². The van der Waals surface area contributed by atoms with E-state index in [2.05, 4.69) is 12.0 Å². The van der Waals surface area contributed by atoms with Crippen LogP contribution in [0, 0.1) is 12.7 Å². The van der Waals surface area contributed by atoms with Crippen molar-refractivity contribution in [2.45, 2.75) is 32.2 Å². The highest BCUT2D eigenvalue weighted by Gasteiger charge is 2.13. The predicted molar refractivity (Wildman–Crippen MR) is 65.2 cm³/mol. The molecule has 0 aromatic heterocycles. The molecule has 0 heterocycles. The van der Waals surface area contributed by atoms with Gasteiger partial charge in [0.15, 0.2) is 0 Å². The molecular weight excluding hydrogens is 203 g/mol. The summed E-state index contributed by atoms with van der Waals surface area (Å²) in [5.41, 5.74) is 4.36. The summed E-state index contributed by atoms with van der Waals surface area (Å²) in [6.07, 6.45) is 4.54. The van der Waals surface area contributed by atoms with E-state index in [0.29, 0.717) is 5.56 Å². The topological polar surface area (TPSA) is 38.0 Å². The molecule has 0 radical (unpaired) electrons. The van der Waals surface area contributed by atoms with Gasteiger partial charge in [-0.2, -0.15) is 0 Å². The van der Waals surface area contributed by atoms with Crippen LogP contribution in [0.5, 0.6) is 0 Å². The van der Waals surface area contributed by atoms with Gasteiger partial charge < -0.3 is 0 Å². The Morgan fingerprint density at radius 2 is 2.31 bits per heavy atom. The monoisotopic (exact) mass is 222 g/mol. The number of hydrogen-bond donors (Lipinski definition) is 2. The largest absolute Gasteiger partial charge is 0.271 e. The van der Waals surface area contributed by atoms with Crippen LogP contribution in [0.25, 0.3) is 0 Å². The summed E-state index contributed by atoms with van der Waals surface area (Å²) in [4.78, 5) is 0. The van der Waals surface area contributed by atoms with Crippen molar-refractivity contribution < 1.29 is 4.39 Å². The first-order valence-electron chi connectivity index (χ1n) is 5.52. The zero-order valence-electron chi connectivity index (χ0n) is 9.67. The Morgan fingerprint density at radius 1 is 1.56 bits per heavy atom. The molecule has 0 saturated carbocycles. The first kappa shape index (κ1) is 12.9. The van der Waals surface area contributed by atoms with Crippen LogP contribution in [0.4, 0.5) is 4.39 Å². The van der Waals surface area contributed by atoms with Crippen LogP contribution in [0.15, 0.2) is 30.9 Å². The first-order chi connectivity index (χ1) is 7.69. The van der Waals surface area contributed by atoms with Crippen molar-refractivity contribution in [3.8, 4) is 0 Å². The van der Waals surface area contributed by atoms with Gasteiger partial charge in [-0.05, 0) is 32.3 Å². The molecule has 0 aliphatic heterocycles. The zero-order chi connectivity index (χ0) is 12.0. The number of rotatable bonds is 6. The van der Waals surface area contributed by atoms with Gasteiger partial charge in [0.05, 0.1) is 0 Å². The fraction of sp³-hybridized carbons (Fsp3) is 0.385. The second-order valence-corrected chi connectivity index (χ2v) is 3.96. The number of allylic oxidation sites excluding steroid dienone is 1. The van der Waals surface area contributed by atoms with Gasteiger partial charge in [-0.15, -0.1) is 6.58 Å². The lowest BCUT2D eigenvalue weighted by Crippen LogP contribution is -2.28. The molecule has 1 aromatic rings. The number of hydrogen-bond acceptors (Lipinski definition) is 2. The third-order valence-corrected chi connectivity index (χ3v) is 2.63. The van der Waals surface area contributed by atoms with Gasteiger partial charge in [-0.1, -0.05) is 23.8 Å². The molecule has 0 bridgehead atoms. The molecule has 1 aromatic carbocycles. The molecular formula is C13H19FN2. The summed E-state index contributed by atoms with van der Waals surface area (Å²) in [5.74, 6) is 5.26. The van der Waals surface area contributed by atoms with E-state index in [4.69, 9.17) is 5.84 Å². The van der Waals surface area contributed by atoms with Crippen LogP contribution < -0.4 is 11.3 Å². The minimum atomic E-state index is -0.202. The summed E-state index contributed by atoms with van der Waals surface area (Å²) in [5, 5.41) is 0. The average Bonchev–Trinajstić information content (AvgIpc) is 2.28. The Labute approximate surface area is 96.3 Å². The molecule has 0 aliphatic rings. The van der Waals surface area contributed by atoms with E-state index >= 15 is 0 Å². The van der Waals surface area contributed by atoms with E-state index in [1.54, 1.807) is 6.07 Å². The maximum atomic E-state index is 13.6. The Balaban J connectivity index is 2.77. The molecule has 0 saturated heterocycles. The van der Waals surface area contributed by atoms with Crippen molar-refractivity contribution in [2.24, 2.45) is 5.84 Å². The average molecular weight is 222 g/mol. The summed E-state index contributed by atoms with van der Waals surface area (Å²) in [7, 11) is 0. The van der Waals surface area contributed by atoms with Gasteiger partial charge >= 0.3 is 0 Å². The van der Waals surface area contributed by atoms with Crippen molar-refractivity contribution >= 4 is 0 Å². The summed E-state index contributed by atoms with van der Waals surface area (Å²) in [6, 6.07) is 4.96. The molecule has 1 atom stereocenters. The molecule has 0 fully saturated rings. The molecule has 0 amide bonds. The summed E-state index contributed by atoms with van der Waals surface area (Å²) >= 11 is 0. The molecule has 0 aliphatic carbocycles. The number of nitrogens with two attached hydrogens (primary N) is 1. The molecule has 1 unspecified atom stereocenters. The maximum absolute atomic E-state index is 13.6. The molecule has 3 N–H and O–H groups in total. The highest BCUT2D eigenvalue weighted by atomic mass is 19.1. The Hall–Kier alpha value is -1.19. The normalized spacial score (nSPS) is 12.4. The number of unbranched alkanes of at least 4 members (excludes halogenated alkanes) is 1. The fourth-order valence-corrected chi connectivity index (χ4v) is 1.73. The Bertz CT molecular complexity index is 350. The van der Waals surface area contributed by atoms with Crippen LogP contribution in [0.2, 0.25) is 0 Å². The lowest BCUT2D eigenvalue weighted by atomic mass is 9.99. The zero-order valence-corrected chi connectivity index (χ0v) is 9.67. The van der Waals surface area contributed by atoms with Crippen molar-refractivity contribution in [1.29, 1.82) is 0 Å². The van der Waals surface area contributed by atoms with E-state index < -0.39 is 0 Å². The van der Waals surface area contributed by atoms with Crippen molar-refractivity contribution in [1.82, 2.24) is 5.43 Å². The number of nitrogens with one attached hydrogen (secondary N) is 1. The molecule has 1 rings (SSSR count). The lowest BCUT2D eigenvalue weighted by Gasteiger charge is -2.17. The van der Waals surface area contributed by atoms with Crippen LogP contribution in [0.3, 0.4) is 0 Å². The standard InChI is InChI=1S/C13H19FN2/c1-3-4-5-6-13(16-15)11-9-10(2)7-8-12(11)14/h3,7-9,13,16H,1,4-6,15H2,2H3. The van der Waals surface area contributed by atoms with Crippen molar-refractivity contribution in [3.05, 3.63) is 47.8 Å². The number of halogens is 1. The smallest absolute Gasteiger partial charge is 0.128 e. The minimum Gasteiger partial charge on any atom is -0.271 e. The molecule has 16 heavy (non-hydrogen) atoms. The van der Waals surface area contributed by atoms with Gasteiger partial charge in [0.2, 0.25) is 0 Å². The van der Waals surface area contributed by atoms with Crippen molar-refractivity contribution in [3.63, 3.8) is 0 Å². The first-order valence-corrected chi connectivity index (χ1v) is 5.52. The van der Waals surface area contributed by atoms with E-state index in [0.717, 1.165) is 24.8 Å². The van der Waals surface area contributed by atoms with Gasteiger partial charge in [0, 0.05) is 11.6 Å². The van der Waals surface area contributed by atoms with Crippen molar-refractivity contribution in [2.75, 3.05) is 0 Å². The number of hydrazine groups is 1. The number of benzene rings is 1. The summed E-state index contributed by atoms with van der Waals surface area (Å²) < 4.78 is 13.6. The van der Waals surface area contributed by atoms with Gasteiger partial charge in [-0.3, -0.25) is 11.3 Å². The van der Waals surface area contributed by atoms with Crippen LogP contribution in [0.1, 0.15) is 36.4 Å². The third-order valence-electron chi connectivity index (χ3n) is 2.63. The quantitative estimate of drug-likeness (QED) is 0.336. The Morgan fingerprint density at radius 3 is 2.94 bits per heavy atom. The lowest BCUT2D eigenvalue weighted by molar-refractivity contribution is 0.474. The summed E-state index contributed by atoms with van der Waals surface area (Å²) in [6.45, 7) is 5.61. The van der Waals surface area contributed by atoms with E-state index in [1.165, 1.54) is 6.07 Å². The van der Waals surface area contributed by atoms with Gasteiger partial charge in [0.25, 0.3) is 0 Å². The van der Waals surface area contributed by atoms with E-state index in [9.17, 15) is 4.39 Å². The fourth-order valence-electron chi connectivity index (χ4n) is 1.73. The maximum Gasteiger partial charge on any atom is 0.128 e.